The highest BCUT2D eigenvalue weighted by atomic mass is 35.5. The predicted molar refractivity (Wildman–Crippen MR) is 144 cm³/mol. The number of hydrogen-bond acceptors (Lipinski definition) is 1. The molecular formula is C31H29ClN2. The third-order valence-electron chi connectivity index (χ3n) is 7.37. The van der Waals surface area contributed by atoms with E-state index in [1.807, 2.05) is 6.07 Å². The van der Waals surface area contributed by atoms with E-state index in [0.717, 1.165) is 31.2 Å². The van der Waals surface area contributed by atoms with Crippen molar-refractivity contribution in [3.8, 4) is 0 Å². The molecule has 1 fully saturated rings. The molecule has 2 heterocycles. The molecule has 1 aliphatic rings. The van der Waals surface area contributed by atoms with Crippen LogP contribution in [0.25, 0.3) is 21.7 Å². The minimum atomic E-state index is 0.587. The van der Waals surface area contributed by atoms with E-state index in [-0.39, 0.29) is 0 Å². The topological polar surface area (TPSA) is 8.17 Å². The van der Waals surface area contributed by atoms with E-state index in [9.17, 15) is 0 Å². The fourth-order valence-corrected chi connectivity index (χ4v) is 5.77. The van der Waals surface area contributed by atoms with Crippen molar-refractivity contribution in [2.75, 3.05) is 13.1 Å². The largest absolute Gasteiger partial charge is 0.343 e. The van der Waals surface area contributed by atoms with Gasteiger partial charge in [0.1, 0.15) is 0 Å². The van der Waals surface area contributed by atoms with Crippen molar-refractivity contribution in [2.45, 2.75) is 31.8 Å². The average Bonchev–Trinajstić information content (AvgIpc) is 3.22. The maximum atomic E-state index is 6.41. The Labute approximate surface area is 206 Å². The van der Waals surface area contributed by atoms with Gasteiger partial charge in [-0.2, -0.15) is 0 Å². The van der Waals surface area contributed by atoms with Gasteiger partial charge in [0.25, 0.3) is 0 Å². The van der Waals surface area contributed by atoms with Gasteiger partial charge in [0.2, 0.25) is 0 Å². The van der Waals surface area contributed by atoms with Gasteiger partial charge in [0.05, 0.1) is 5.52 Å². The van der Waals surface area contributed by atoms with Gasteiger partial charge in [-0.05, 0) is 71.4 Å². The summed E-state index contributed by atoms with van der Waals surface area (Å²) in [6.45, 7) is 4.16. The molecular weight excluding hydrogens is 436 g/mol. The van der Waals surface area contributed by atoms with Gasteiger partial charge in [-0.1, -0.05) is 90.5 Å². The molecule has 0 atom stereocenters. The highest BCUT2D eigenvalue weighted by Crippen LogP contribution is 2.36. The summed E-state index contributed by atoms with van der Waals surface area (Å²) in [4.78, 5) is 2.62. The zero-order valence-electron chi connectivity index (χ0n) is 19.3. The molecule has 5 aromatic rings. The van der Waals surface area contributed by atoms with Crippen LogP contribution in [0.15, 0.2) is 97.2 Å². The van der Waals surface area contributed by atoms with Crippen molar-refractivity contribution in [1.29, 1.82) is 0 Å². The third kappa shape index (κ3) is 4.24. The minimum Gasteiger partial charge on any atom is -0.343 e. The molecule has 170 valence electrons. The summed E-state index contributed by atoms with van der Waals surface area (Å²) < 4.78 is 2.38. The molecule has 4 aromatic carbocycles. The number of fused-ring (bicyclic) bond motifs is 2. The van der Waals surface area contributed by atoms with Crippen LogP contribution in [-0.2, 0) is 13.1 Å². The Hall–Kier alpha value is -3.07. The molecule has 1 aliphatic heterocycles. The fraction of sp³-hybridized carbons (Fsp3) is 0.226. The Kier molecular flexibility index (Phi) is 5.86. The van der Waals surface area contributed by atoms with E-state index >= 15 is 0 Å². The van der Waals surface area contributed by atoms with Gasteiger partial charge in [0, 0.05) is 29.7 Å². The van der Waals surface area contributed by atoms with E-state index in [2.05, 4.69) is 101 Å². The summed E-state index contributed by atoms with van der Waals surface area (Å²) in [5.74, 6) is 0.587. The van der Waals surface area contributed by atoms with Crippen molar-refractivity contribution < 1.29 is 0 Å². The highest BCUT2D eigenvalue weighted by Gasteiger charge is 2.24. The van der Waals surface area contributed by atoms with Crippen LogP contribution in [0.5, 0.6) is 0 Å². The van der Waals surface area contributed by atoms with Crippen molar-refractivity contribution >= 4 is 33.3 Å². The van der Waals surface area contributed by atoms with Crippen LogP contribution in [0.3, 0.4) is 0 Å². The molecule has 1 aromatic heterocycles. The molecule has 0 radical (unpaired) electrons. The Morgan fingerprint density at radius 1 is 0.735 bits per heavy atom. The number of piperidine rings is 1. The number of hydrogen-bond donors (Lipinski definition) is 0. The van der Waals surface area contributed by atoms with Crippen LogP contribution >= 0.6 is 11.6 Å². The monoisotopic (exact) mass is 464 g/mol. The van der Waals surface area contributed by atoms with Crippen molar-refractivity contribution in [1.82, 2.24) is 9.47 Å². The molecule has 2 nitrogen and oxygen atoms in total. The lowest BCUT2D eigenvalue weighted by Gasteiger charge is -2.32. The van der Waals surface area contributed by atoms with Crippen molar-refractivity contribution in [3.05, 3.63) is 119 Å². The molecule has 6 rings (SSSR count). The molecule has 0 N–H and O–H groups in total. The molecule has 3 heteroatoms. The van der Waals surface area contributed by atoms with Crippen LogP contribution in [0.4, 0.5) is 0 Å². The molecule has 0 spiro atoms. The molecule has 34 heavy (non-hydrogen) atoms. The van der Waals surface area contributed by atoms with E-state index < -0.39 is 0 Å². The Morgan fingerprint density at radius 3 is 2.35 bits per heavy atom. The maximum Gasteiger partial charge on any atom is 0.0501 e. The molecule has 0 amide bonds. The van der Waals surface area contributed by atoms with Crippen molar-refractivity contribution in [2.24, 2.45) is 0 Å². The second-order valence-electron chi connectivity index (χ2n) is 9.55. The molecule has 0 aliphatic carbocycles. The quantitative estimate of drug-likeness (QED) is 0.257. The van der Waals surface area contributed by atoms with Gasteiger partial charge < -0.3 is 4.57 Å². The van der Waals surface area contributed by atoms with E-state index in [4.69, 9.17) is 11.6 Å². The first-order valence-corrected chi connectivity index (χ1v) is 12.6. The second-order valence-corrected chi connectivity index (χ2v) is 9.98. The number of nitrogens with zero attached hydrogens (tertiary/aromatic N) is 2. The lowest BCUT2D eigenvalue weighted by Crippen LogP contribution is -2.32. The number of rotatable bonds is 5. The molecule has 0 saturated carbocycles. The first-order valence-electron chi connectivity index (χ1n) is 12.3. The lowest BCUT2D eigenvalue weighted by molar-refractivity contribution is 0.205. The van der Waals surface area contributed by atoms with Gasteiger partial charge in [-0.3, -0.25) is 4.90 Å². The fourth-order valence-electron chi connectivity index (χ4n) is 5.60. The number of benzene rings is 4. The summed E-state index contributed by atoms with van der Waals surface area (Å²) in [7, 11) is 0. The van der Waals surface area contributed by atoms with Crippen LogP contribution in [0.1, 0.15) is 35.4 Å². The second kappa shape index (κ2) is 9.29. The average molecular weight is 465 g/mol. The highest BCUT2D eigenvalue weighted by molar-refractivity contribution is 6.31. The predicted octanol–water partition coefficient (Wildman–Crippen LogP) is 7.88. The minimum absolute atomic E-state index is 0.587. The normalized spacial score (nSPS) is 15.3. The third-order valence-corrected chi connectivity index (χ3v) is 7.61. The van der Waals surface area contributed by atoms with Crippen LogP contribution in [0.2, 0.25) is 5.02 Å². The van der Waals surface area contributed by atoms with Crippen LogP contribution in [-0.4, -0.2) is 22.6 Å². The van der Waals surface area contributed by atoms with Gasteiger partial charge >= 0.3 is 0 Å². The van der Waals surface area contributed by atoms with Crippen LogP contribution < -0.4 is 0 Å². The lowest BCUT2D eigenvalue weighted by atomic mass is 9.89. The standard InChI is InChI=1S/C31H29ClN2/c32-27-13-14-29-30(22-34(31(29)19-27)20-23-7-2-1-3-8-23)25-15-17-33(18-16-25)21-26-11-6-10-24-9-4-5-12-28(24)26/h1-14,19,22,25H,15-18,20-21H2. The molecule has 0 bridgehead atoms. The van der Waals surface area contributed by atoms with Crippen LogP contribution in [0, 0.1) is 0 Å². The van der Waals surface area contributed by atoms with Crippen molar-refractivity contribution in [3.63, 3.8) is 0 Å². The molecule has 0 unspecified atom stereocenters. The van der Waals surface area contributed by atoms with Gasteiger partial charge in [0.15, 0.2) is 0 Å². The van der Waals surface area contributed by atoms with E-state index in [1.54, 1.807) is 0 Å². The number of likely N-dealkylation sites (tertiary alicyclic amines) is 1. The van der Waals surface area contributed by atoms with Gasteiger partial charge in [-0.15, -0.1) is 0 Å². The summed E-state index contributed by atoms with van der Waals surface area (Å²) in [5.41, 5.74) is 5.47. The Balaban J connectivity index is 1.22. The SMILES string of the molecule is Clc1ccc2c(C3CCN(Cc4cccc5ccccc45)CC3)cn(Cc3ccccc3)c2c1. The van der Waals surface area contributed by atoms with E-state index in [1.165, 1.54) is 51.2 Å². The number of halogens is 1. The zero-order valence-corrected chi connectivity index (χ0v) is 20.1. The Morgan fingerprint density at radius 2 is 1.50 bits per heavy atom. The summed E-state index contributed by atoms with van der Waals surface area (Å²) >= 11 is 6.41. The van der Waals surface area contributed by atoms with E-state index in [0.29, 0.717) is 5.92 Å². The van der Waals surface area contributed by atoms with Gasteiger partial charge in [-0.25, -0.2) is 0 Å². The Bertz CT molecular complexity index is 1420. The summed E-state index contributed by atoms with van der Waals surface area (Å²) in [5, 5.41) is 4.87. The molecule has 1 saturated heterocycles. The smallest absolute Gasteiger partial charge is 0.0501 e. The first-order chi connectivity index (χ1) is 16.7. The summed E-state index contributed by atoms with van der Waals surface area (Å²) in [6.07, 6.45) is 4.77. The summed E-state index contributed by atoms with van der Waals surface area (Å²) in [6, 6.07) is 32.5. The number of aromatic nitrogens is 1. The zero-order chi connectivity index (χ0) is 22.9. The maximum absolute atomic E-state index is 6.41. The first kappa shape index (κ1) is 21.5.